The van der Waals surface area contributed by atoms with Crippen molar-refractivity contribution < 1.29 is 14.3 Å². The molecule has 26 heavy (non-hydrogen) atoms. The lowest BCUT2D eigenvalue weighted by atomic mass is 10.0. The van der Waals surface area contributed by atoms with Crippen LogP contribution in [0.15, 0.2) is 36.7 Å². The van der Waals surface area contributed by atoms with Crippen molar-refractivity contribution in [2.75, 3.05) is 32.8 Å². The minimum atomic E-state index is -0.0161. The maximum Gasteiger partial charge on any atom is 0.227 e. The van der Waals surface area contributed by atoms with Gasteiger partial charge in [0.05, 0.1) is 17.5 Å². The Morgan fingerprint density at radius 1 is 1.35 bits per heavy atom. The van der Waals surface area contributed by atoms with Crippen LogP contribution in [0.3, 0.4) is 0 Å². The van der Waals surface area contributed by atoms with Crippen LogP contribution < -0.4 is 14.8 Å². The summed E-state index contributed by atoms with van der Waals surface area (Å²) in [5, 5.41) is 3.83. The molecule has 1 aromatic carbocycles. The minimum absolute atomic E-state index is 0.0161. The summed E-state index contributed by atoms with van der Waals surface area (Å²) in [6, 6.07) is 7.52. The first-order chi connectivity index (χ1) is 12.7. The quantitative estimate of drug-likeness (QED) is 0.893. The van der Waals surface area contributed by atoms with E-state index in [1.165, 1.54) is 0 Å². The van der Waals surface area contributed by atoms with Crippen LogP contribution in [-0.4, -0.2) is 48.6 Å². The van der Waals surface area contributed by atoms with Gasteiger partial charge >= 0.3 is 0 Å². The number of piperazine rings is 1. The molecule has 0 spiro atoms. The predicted octanol–water partition coefficient (Wildman–Crippen LogP) is 2.22. The van der Waals surface area contributed by atoms with Gasteiger partial charge in [0.2, 0.25) is 5.91 Å². The maximum atomic E-state index is 13.0. The molecule has 4 rings (SSSR count). The van der Waals surface area contributed by atoms with E-state index in [1.807, 2.05) is 29.3 Å². The van der Waals surface area contributed by atoms with Crippen molar-refractivity contribution >= 4 is 17.5 Å². The van der Waals surface area contributed by atoms with E-state index < -0.39 is 0 Å². The molecule has 1 atom stereocenters. The third kappa shape index (κ3) is 3.48. The predicted molar refractivity (Wildman–Crippen MR) is 97.7 cm³/mol. The first-order valence-electron chi connectivity index (χ1n) is 8.70. The molecule has 2 aliphatic rings. The summed E-state index contributed by atoms with van der Waals surface area (Å²) < 4.78 is 11.1. The number of carbonyl (C=O) groups is 1. The zero-order valence-electron chi connectivity index (χ0n) is 14.3. The topological polar surface area (TPSA) is 63.7 Å². The van der Waals surface area contributed by atoms with Crippen LogP contribution in [0.25, 0.3) is 0 Å². The molecule has 2 aromatic rings. The molecule has 136 valence electrons. The van der Waals surface area contributed by atoms with Crippen LogP contribution in [0.2, 0.25) is 5.02 Å². The van der Waals surface area contributed by atoms with Gasteiger partial charge in [-0.2, -0.15) is 0 Å². The Morgan fingerprint density at radius 3 is 3.08 bits per heavy atom. The number of carbonyl (C=O) groups excluding carboxylic acids is 1. The summed E-state index contributed by atoms with van der Waals surface area (Å²) in [5.74, 6) is 1.23. The first kappa shape index (κ1) is 17.1. The average molecular weight is 374 g/mol. The highest BCUT2D eigenvalue weighted by Crippen LogP contribution is 2.38. The number of ether oxygens (including phenoxy) is 2. The van der Waals surface area contributed by atoms with Crippen molar-refractivity contribution in [2.24, 2.45) is 0 Å². The summed E-state index contributed by atoms with van der Waals surface area (Å²) in [7, 11) is 0. The van der Waals surface area contributed by atoms with Gasteiger partial charge in [-0.05, 0) is 29.3 Å². The summed E-state index contributed by atoms with van der Waals surface area (Å²) in [5.41, 5.74) is 1.86. The molecule has 0 saturated carbocycles. The van der Waals surface area contributed by atoms with Crippen LogP contribution in [0.1, 0.15) is 17.2 Å². The van der Waals surface area contributed by atoms with Gasteiger partial charge in [-0.3, -0.25) is 9.78 Å². The van der Waals surface area contributed by atoms with Crippen LogP contribution in [0.5, 0.6) is 11.5 Å². The highest BCUT2D eigenvalue weighted by Gasteiger charge is 2.28. The van der Waals surface area contributed by atoms with Crippen molar-refractivity contribution in [1.29, 1.82) is 0 Å². The fourth-order valence-corrected chi connectivity index (χ4v) is 3.70. The van der Waals surface area contributed by atoms with Crippen LogP contribution >= 0.6 is 11.6 Å². The van der Waals surface area contributed by atoms with Crippen LogP contribution in [-0.2, 0) is 11.2 Å². The van der Waals surface area contributed by atoms with E-state index >= 15 is 0 Å². The van der Waals surface area contributed by atoms with E-state index in [9.17, 15) is 4.79 Å². The van der Waals surface area contributed by atoms with Crippen molar-refractivity contribution in [1.82, 2.24) is 15.2 Å². The van der Waals surface area contributed by atoms with Gasteiger partial charge in [0.1, 0.15) is 13.2 Å². The van der Waals surface area contributed by atoms with Gasteiger partial charge in [-0.1, -0.05) is 17.7 Å². The fraction of sp³-hybridized carbons (Fsp3) is 0.368. The van der Waals surface area contributed by atoms with Crippen molar-refractivity contribution in [3.05, 3.63) is 52.8 Å². The van der Waals surface area contributed by atoms with Crippen molar-refractivity contribution in [3.8, 4) is 11.5 Å². The smallest absolute Gasteiger partial charge is 0.227 e. The monoisotopic (exact) mass is 373 g/mol. The van der Waals surface area contributed by atoms with Gasteiger partial charge in [0.25, 0.3) is 0 Å². The number of pyridine rings is 1. The lowest BCUT2D eigenvalue weighted by Crippen LogP contribution is -2.49. The Kier molecular flexibility index (Phi) is 4.95. The Balaban J connectivity index is 1.54. The summed E-state index contributed by atoms with van der Waals surface area (Å²) in [4.78, 5) is 19.1. The summed E-state index contributed by atoms with van der Waals surface area (Å²) in [6.07, 6.45) is 3.83. The molecular formula is C19H20ClN3O3. The Bertz CT molecular complexity index is 800. The molecule has 1 saturated heterocycles. The molecular weight excluding hydrogens is 354 g/mol. The van der Waals surface area contributed by atoms with E-state index in [-0.39, 0.29) is 18.4 Å². The number of amides is 1. The second kappa shape index (κ2) is 7.51. The molecule has 1 N–H and O–H groups in total. The van der Waals surface area contributed by atoms with Gasteiger partial charge < -0.3 is 19.7 Å². The van der Waals surface area contributed by atoms with Crippen molar-refractivity contribution in [3.63, 3.8) is 0 Å². The van der Waals surface area contributed by atoms with Gasteiger partial charge in [0.15, 0.2) is 11.5 Å². The number of nitrogens with zero attached hydrogens (tertiary/aromatic N) is 2. The van der Waals surface area contributed by atoms with Crippen LogP contribution in [0, 0.1) is 0 Å². The maximum absolute atomic E-state index is 13.0. The van der Waals surface area contributed by atoms with Gasteiger partial charge in [-0.25, -0.2) is 0 Å². The molecule has 2 aliphatic heterocycles. The Hall–Kier alpha value is -2.31. The second-order valence-corrected chi connectivity index (χ2v) is 6.78. The lowest BCUT2D eigenvalue weighted by Gasteiger charge is -2.36. The van der Waals surface area contributed by atoms with E-state index in [0.29, 0.717) is 36.3 Å². The summed E-state index contributed by atoms with van der Waals surface area (Å²) in [6.45, 7) is 3.14. The molecule has 1 unspecified atom stereocenters. The highest BCUT2D eigenvalue weighted by molar-refractivity contribution is 6.32. The number of hydrogen-bond donors (Lipinski definition) is 1. The molecule has 6 nitrogen and oxygen atoms in total. The second-order valence-electron chi connectivity index (χ2n) is 6.37. The molecule has 0 radical (unpaired) electrons. The van der Waals surface area contributed by atoms with Crippen molar-refractivity contribution in [2.45, 2.75) is 12.5 Å². The SMILES string of the molecule is O=C(Cc1cc(Cl)c2c(c1)OCCO2)N1CCNCC1c1cccnc1. The number of aromatic nitrogens is 1. The Morgan fingerprint density at radius 2 is 2.23 bits per heavy atom. The first-order valence-corrected chi connectivity index (χ1v) is 9.08. The van der Waals surface area contributed by atoms with Gasteiger partial charge in [0, 0.05) is 32.0 Å². The third-order valence-electron chi connectivity index (χ3n) is 4.64. The van der Waals surface area contributed by atoms with Gasteiger partial charge in [-0.15, -0.1) is 0 Å². The molecule has 0 aliphatic carbocycles. The average Bonchev–Trinajstić information content (AvgIpc) is 2.69. The van der Waals surface area contributed by atoms with E-state index in [2.05, 4.69) is 10.3 Å². The molecule has 1 aromatic heterocycles. The number of rotatable bonds is 3. The minimum Gasteiger partial charge on any atom is -0.486 e. The van der Waals surface area contributed by atoms with E-state index in [1.54, 1.807) is 12.3 Å². The fourth-order valence-electron chi connectivity index (χ4n) is 3.42. The standard InChI is InChI=1S/C19H20ClN3O3/c20-15-8-13(9-17-19(15)26-7-6-25-17)10-18(24)23-5-4-22-12-16(23)14-2-1-3-21-11-14/h1-3,8-9,11,16,22H,4-7,10,12H2. The zero-order valence-corrected chi connectivity index (χ0v) is 15.0. The third-order valence-corrected chi connectivity index (χ3v) is 4.93. The molecule has 3 heterocycles. The normalized spacial score (nSPS) is 19.3. The molecule has 1 fully saturated rings. The number of benzene rings is 1. The number of hydrogen-bond acceptors (Lipinski definition) is 5. The largest absolute Gasteiger partial charge is 0.486 e. The molecule has 0 bridgehead atoms. The number of fused-ring (bicyclic) bond motifs is 1. The molecule has 1 amide bonds. The lowest BCUT2D eigenvalue weighted by molar-refractivity contribution is -0.133. The summed E-state index contributed by atoms with van der Waals surface area (Å²) >= 11 is 6.29. The number of nitrogens with one attached hydrogen (secondary N) is 1. The zero-order chi connectivity index (χ0) is 17.9. The van der Waals surface area contributed by atoms with E-state index in [0.717, 1.165) is 24.2 Å². The molecule has 7 heteroatoms. The van der Waals surface area contributed by atoms with Crippen LogP contribution in [0.4, 0.5) is 0 Å². The Labute approximate surface area is 157 Å². The highest BCUT2D eigenvalue weighted by atomic mass is 35.5. The number of halogens is 1. The van der Waals surface area contributed by atoms with E-state index in [4.69, 9.17) is 21.1 Å².